The second-order valence-electron chi connectivity index (χ2n) is 5.23. The van der Waals surface area contributed by atoms with E-state index in [4.69, 9.17) is 5.84 Å². The first-order valence-corrected chi connectivity index (χ1v) is 6.93. The smallest absolute Gasteiger partial charge is 0.0794 e. The minimum atomic E-state index is 0.290. The van der Waals surface area contributed by atoms with E-state index in [0.717, 1.165) is 11.8 Å². The number of nitrogens with one attached hydrogen (secondary N) is 1. The molecule has 1 aliphatic rings. The van der Waals surface area contributed by atoms with Crippen LogP contribution in [-0.2, 0) is 0 Å². The quantitative estimate of drug-likeness (QED) is 0.630. The van der Waals surface area contributed by atoms with Crippen molar-refractivity contribution in [3.63, 3.8) is 0 Å². The van der Waals surface area contributed by atoms with E-state index in [1.54, 1.807) is 11.3 Å². The number of hydrogen-bond acceptors (Lipinski definition) is 4. The number of rotatable bonds is 3. The summed E-state index contributed by atoms with van der Waals surface area (Å²) in [6, 6.07) is 0.290. The van der Waals surface area contributed by atoms with Gasteiger partial charge in [-0.05, 0) is 37.0 Å². The SMILES string of the molecule is CC1CC(C)CC(C(NN)c2cncs2)C1. The number of aromatic nitrogens is 1. The molecule has 1 aliphatic carbocycles. The van der Waals surface area contributed by atoms with Crippen molar-refractivity contribution in [3.05, 3.63) is 16.6 Å². The molecule has 1 fully saturated rings. The molecular formula is C12H21N3S. The third-order valence-corrected chi connectivity index (χ3v) is 4.48. The van der Waals surface area contributed by atoms with E-state index in [1.807, 2.05) is 11.7 Å². The molecule has 1 heterocycles. The van der Waals surface area contributed by atoms with Crippen molar-refractivity contribution in [2.75, 3.05) is 0 Å². The number of hydrogen-bond donors (Lipinski definition) is 2. The summed E-state index contributed by atoms with van der Waals surface area (Å²) in [7, 11) is 0. The molecule has 0 amide bonds. The first-order chi connectivity index (χ1) is 7.70. The molecule has 0 spiro atoms. The fourth-order valence-corrected chi connectivity index (χ4v) is 3.88. The number of thiazole rings is 1. The number of nitrogens with zero attached hydrogens (tertiary/aromatic N) is 1. The summed E-state index contributed by atoms with van der Waals surface area (Å²) in [6.07, 6.45) is 5.85. The largest absolute Gasteiger partial charge is 0.271 e. The average molecular weight is 239 g/mol. The van der Waals surface area contributed by atoms with Crippen LogP contribution in [0, 0.1) is 17.8 Å². The Morgan fingerprint density at radius 3 is 2.56 bits per heavy atom. The molecule has 1 aromatic rings. The summed E-state index contributed by atoms with van der Waals surface area (Å²) in [5.74, 6) is 8.01. The van der Waals surface area contributed by atoms with Crippen LogP contribution in [0.3, 0.4) is 0 Å². The Bertz CT molecular complexity index is 302. The van der Waals surface area contributed by atoms with E-state index in [2.05, 4.69) is 24.3 Å². The Hall–Kier alpha value is -0.450. The molecule has 0 saturated heterocycles. The molecule has 3 N–H and O–H groups in total. The maximum absolute atomic E-state index is 5.71. The highest BCUT2D eigenvalue weighted by Gasteiger charge is 2.30. The topological polar surface area (TPSA) is 50.9 Å². The fourth-order valence-electron chi connectivity index (χ4n) is 3.11. The lowest BCUT2D eigenvalue weighted by Crippen LogP contribution is -2.36. The van der Waals surface area contributed by atoms with Gasteiger partial charge >= 0.3 is 0 Å². The van der Waals surface area contributed by atoms with Crippen LogP contribution in [0.4, 0.5) is 0 Å². The Labute approximate surface area is 101 Å². The van der Waals surface area contributed by atoms with Gasteiger partial charge in [0.1, 0.15) is 0 Å². The van der Waals surface area contributed by atoms with Crippen LogP contribution in [0.2, 0.25) is 0 Å². The van der Waals surface area contributed by atoms with Crippen molar-refractivity contribution < 1.29 is 0 Å². The minimum Gasteiger partial charge on any atom is -0.271 e. The fraction of sp³-hybridized carbons (Fsp3) is 0.750. The summed E-state index contributed by atoms with van der Waals surface area (Å²) in [6.45, 7) is 4.70. The van der Waals surface area contributed by atoms with Crippen LogP contribution in [0.1, 0.15) is 44.0 Å². The van der Waals surface area contributed by atoms with Gasteiger partial charge in [0, 0.05) is 11.1 Å². The first-order valence-electron chi connectivity index (χ1n) is 6.05. The lowest BCUT2D eigenvalue weighted by Gasteiger charge is -2.35. The summed E-state index contributed by atoms with van der Waals surface area (Å²) < 4.78 is 0. The molecule has 16 heavy (non-hydrogen) atoms. The number of hydrazine groups is 1. The number of nitrogens with two attached hydrogens (primary N) is 1. The lowest BCUT2D eigenvalue weighted by molar-refractivity contribution is 0.178. The third-order valence-electron chi connectivity index (χ3n) is 3.62. The maximum atomic E-state index is 5.71. The summed E-state index contributed by atoms with van der Waals surface area (Å²) in [5, 5.41) is 0. The van der Waals surface area contributed by atoms with E-state index in [1.165, 1.54) is 24.1 Å². The zero-order valence-corrected chi connectivity index (χ0v) is 10.8. The molecule has 0 aromatic carbocycles. The monoisotopic (exact) mass is 239 g/mol. The Kier molecular flexibility index (Phi) is 3.95. The van der Waals surface area contributed by atoms with Crippen molar-refractivity contribution in [3.8, 4) is 0 Å². The van der Waals surface area contributed by atoms with Crippen LogP contribution >= 0.6 is 11.3 Å². The van der Waals surface area contributed by atoms with Gasteiger partial charge in [-0.15, -0.1) is 11.3 Å². The van der Waals surface area contributed by atoms with E-state index in [0.29, 0.717) is 5.92 Å². The highest BCUT2D eigenvalue weighted by atomic mass is 32.1. The van der Waals surface area contributed by atoms with Gasteiger partial charge in [0.15, 0.2) is 0 Å². The second-order valence-corrected chi connectivity index (χ2v) is 6.14. The Morgan fingerprint density at radius 2 is 2.06 bits per heavy atom. The molecule has 0 radical (unpaired) electrons. The van der Waals surface area contributed by atoms with Gasteiger partial charge in [0.2, 0.25) is 0 Å². The summed E-state index contributed by atoms with van der Waals surface area (Å²) >= 11 is 1.70. The van der Waals surface area contributed by atoms with Crippen LogP contribution in [0.15, 0.2) is 11.7 Å². The van der Waals surface area contributed by atoms with E-state index >= 15 is 0 Å². The zero-order valence-electron chi connectivity index (χ0n) is 10.0. The standard InChI is InChI=1S/C12H21N3S/c1-8-3-9(2)5-10(4-8)12(15-13)11-6-14-7-16-11/h6-10,12,15H,3-5,13H2,1-2H3. The molecule has 0 bridgehead atoms. The van der Waals surface area contributed by atoms with E-state index in [-0.39, 0.29) is 6.04 Å². The van der Waals surface area contributed by atoms with E-state index < -0.39 is 0 Å². The van der Waals surface area contributed by atoms with Gasteiger partial charge in [-0.1, -0.05) is 13.8 Å². The van der Waals surface area contributed by atoms with Gasteiger partial charge in [-0.2, -0.15) is 0 Å². The first kappa shape index (κ1) is 12.0. The van der Waals surface area contributed by atoms with Gasteiger partial charge in [-0.25, -0.2) is 0 Å². The third kappa shape index (κ3) is 2.62. The Balaban J connectivity index is 2.09. The second kappa shape index (κ2) is 5.25. The average Bonchev–Trinajstić information content (AvgIpc) is 2.70. The van der Waals surface area contributed by atoms with Crippen molar-refractivity contribution >= 4 is 11.3 Å². The minimum absolute atomic E-state index is 0.290. The van der Waals surface area contributed by atoms with Crippen LogP contribution in [0.25, 0.3) is 0 Å². The molecule has 2 rings (SSSR count). The molecular weight excluding hydrogens is 218 g/mol. The Morgan fingerprint density at radius 1 is 1.38 bits per heavy atom. The molecule has 90 valence electrons. The lowest BCUT2D eigenvalue weighted by atomic mass is 9.73. The zero-order chi connectivity index (χ0) is 11.5. The molecule has 3 atom stereocenters. The highest BCUT2D eigenvalue weighted by Crippen LogP contribution is 2.40. The van der Waals surface area contributed by atoms with Crippen LogP contribution < -0.4 is 11.3 Å². The van der Waals surface area contributed by atoms with Crippen LogP contribution in [0.5, 0.6) is 0 Å². The summed E-state index contributed by atoms with van der Waals surface area (Å²) in [4.78, 5) is 5.42. The predicted octanol–water partition coefficient (Wildman–Crippen LogP) is 2.72. The molecule has 0 aliphatic heterocycles. The normalized spacial score (nSPS) is 32.6. The molecule has 4 heteroatoms. The van der Waals surface area contributed by atoms with Crippen molar-refractivity contribution in [2.45, 2.75) is 39.2 Å². The van der Waals surface area contributed by atoms with Gasteiger partial charge < -0.3 is 0 Å². The van der Waals surface area contributed by atoms with Crippen LogP contribution in [-0.4, -0.2) is 4.98 Å². The molecule has 3 unspecified atom stereocenters. The molecule has 1 aromatic heterocycles. The highest BCUT2D eigenvalue weighted by molar-refractivity contribution is 7.09. The van der Waals surface area contributed by atoms with Crippen molar-refractivity contribution in [1.82, 2.24) is 10.4 Å². The van der Waals surface area contributed by atoms with Crippen molar-refractivity contribution in [1.29, 1.82) is 0 Å². The predicted molar refractivity (Wildman–Crippen MR) is 67.8 cm³/mol. The maximum Gasteiger partial charge on any atom is 0.0794 e. The van der Waals surface area contributed by atoms with Gasteiger partial charge in [0.25, 0.3) is 0 Å². The van der Waals surface area contributed by atoms with Crippen molar-refractivity contribution in [2.24, 2.45) is 23.6 Å². The van der Waals surface area contributed by atoms with E-state index in [9.17, 15) is 0 Å². The molecule has 1 saturated carbocycles. The van der Waals surface area contributed by atoms with Gasteiger partial charge in [-0.3, -0.25) is 16.3 Å². The van der Waals surface area contributed by atoms with Gasteiger partial charge in [0.05, 0.1) is 11.6 Å². The summed E-state index contributed by atoms with van der Waals surface area (Å²) in [5.41, 5.74) is 4.87. The molecule has 3 nitrogen and oxygen atoms in total.